The van der Waals surface area contributed by atoms with Crippen LogP contribution in [0.1, 0.15) is 13.8 Å². The van der Waals surface area contributed by atoms with E-state index >= 15 is 0 Å². The third-order valence-electron chi connectivity index (χ3n) is 3.01. The van der Waals surface area contributed by atoms with Gasteiger partial charge in [0.1, 0.15) is 5.69 Å². The summed E-state index contributed by atoms with van der Waals surface area (Å²) in [4.78, 5) is 11.1. The maximum atomic E-state index is 11.1. The molecule has 0 amide bonds. The summed E-state index contributed by atoms with van der Waals surface area (Å²) < 4.78 is 0. The Kier molecular flexibility index (Phi) is 4.35. The lowest BCUT2D eigenvalue weighted by molar-refractivity contribution is -0.495. The van der Waals surface area contributed by atoms with E-state index in [0.29, 0.717) is 12.2 Å². The summed E-state index contributed by atoms with van der Waals surface area (Å²) in [5.41, 5.74) is 2.78. The molecule has 0 N–H and O–H groups in total. The van der Waals surface area contributed by atoms with Crippen molar-refractivity contribution in [2.45, 2.75) is 13.8 Å². The number of nitro groups is 1. The summed E-state index contributed by atoms with van der Waals surface area (Å²) in [6.45, 7) is 4.33. The molecule has 0 unspecified atom stereocenters. The Morgan fingerprint density at radius 1 is 1.00 bits per heavy atom. The molecule has 0 spiro atoms. The maximum Gasteiger partial charge on any atom is 0.165 e. The molecule has 2 aromatic rings. The SMILES string of the molecule is CC(C)CN(c1ccc(-c2ccccc2)cc1)[N+](=O)[O-]. The number of anilines is 1. The molecule has 0 heterocycles. The summed E-state index contributed by atoms with van der Waals surface area (Å²) >= 11 is 0. The molecule has 0 saturated heterocycles. The lowest BCUT2D eigenvalue weighted by Crippen LogP contribution is -2.33. The first-order valence-corrected chi connectivity index (χ1v) is 6.65. The van der Waals surface area contributed by atoms with E-state index < -0.39 is 0 Å². The fourth-order valence-electron chi connectivity index (χ4n) is 2.07. The van der Waals surface area contributed by atoms with Gasteiger partial charge in [-0.3, -0.25) is 0 Å². The molecule has 2 aromatic carbocycles. The molecule has 104 valence electrons. The van der Waals surface area contributed by atoms with Crippen LogP contribution in [-0.2, 0) is 0 Å². The zero-order valence-electron chi connectivity index (χ0n) is 11.7. The molecule has 0 fully saturated rings. The van der Waals surface area contributed by atoms with Gasteiger partial charge in [0.2, 0.25) is 0 Å². The average molecular weight is 270 g/mol. The van der Waals surface area contributed by atoms with Crippen molar-refractivity contribution < 1.29 is 5.03 Å². The molecule has 4 heteroatoms. The monoisotopic (exact) mass is 270 g/mol. The summed E-state index contributed by atoms with van der Waals surface area (Å²) in [6.07, 6.45) is 0. The van der Waals surface area contributed by atoms with Crippen LogP contribution in [0.2, 0.25) is 0 Å². The Hall–Kier alpha value is -2.36. The van der Waals surface area contributed by atoms with Crippen LogP contribution in [0.3, 0.4) is 0 Å². The highest BCUT2D eigenvalue weighted by atomic mass is 16.7. The van der Waals surface area contributed by atoms with Gasteiger partial charge in [-0.1, -0.05) is 61.3 Å². The first-order valence-electron chi connectivity index (χ1n) is 6.65. The fourth-order valence-corrected chi connectivity index (χ4v) is 2.07. The standard InChI is InChI=1S/C16H18N2O2/c1-13(2)12-17(18(19)20)16-10-8-15(9-11-16)14-6-4-3-5-7-14/h3-11,13H,12H2,1-2H3. The van der Waals surface area contributed by atoms with E-state index in [1.807, 2.05) is 56.3 Å². The number of rotatable bonds is 5. The molecule has 0 saturated carbocycles. The quantitative estimate of drug-likeness (QED) is 0.609. The molecule has 20 heavy (non-hydrogen) atoms. The molecule has 0 aliphatic heterocycles. The van der Waals surface area contributed by atoms with Gasteiger partial charge in [-0.2, -0.15) is 0 Å². The smallest absolute Gasteiger partial charge is 0.165 e. The zero-order valence-corrected chi connectivity index (χ0v) is 11.7. The van der Waals surface area contributed by atoms with Crippen LogP contribution in [0, 0.1) is 16.0 Å². The van der Waals surface area contributed by atoms with Crippen molar-refractivity contribution >= 4 is 5.69 Å². The minimum absolute atomic E-state index is 0.231. The van der Waals surface area contributed by atoms with E-state index in [2.05, 4.69) is 0 Å². The van der Waals surface area contributed by atoms with Crippen molar-refractivity contribution in [3.63, 3.8) is 0 Å². The predicted octanol–water partition coefficient (Wildman–Crippen LogP) is 4.01. The molecule has 0 atom stereocenters. The van der Waals surface area contributed by atoms with Gasteiger partial charge in [0, 0.05) is 0 Å². The Labute approximate surface area is 118 Å². The minimum Gasteiger partial charge on any atom is -0.234 e. The van der Waals surface area contributed by atoms with Gasteiger partial charge in [-0.05, 0) is 29.2 Å². The summed E-state index contributed by atoms with van der Waals surface area (Å²) in [6, 6.07) is 17.4. The van der Waals surface area contributed by atoms with Crippen molar-refractivity contribution in [1.29, 1.82) is 0 Å². The summed E-state index contributed by atoms with van der Waals surface area (Å²) in [5.74, 6) is 0.231. The highest BCUT2D eigenvalue weighted by Crippen LogP contribution is 2.23. The van der Waals surface area contributed by atoms with E-state index in [0.717, 1.165) is 11.1 Å². The molecule has 2 rings (SSSR count). The summed E-state index contributed by atoms with van der Waals surface area (Å²) in [5, 5.41) is 12.0. The fraction of sp³-hybridized carbons (Fsp3) is 0.250. The Balaban J connectivity index is 2.24. The molecular weight excluding hydrogens is 252 g/mol. The largest absolute Gasteiger partial charge is 0.234 e. The number of hydrogen-bond acceptors (Lipinski definition) is 2. The van der Waals surface area contributed by atoms with E-state index in [4.69, 9.17) is 0 Å². The van der Waals surface area contributed by atoms with Crippen LogP contribution >= 0.6 is 0 Å². The van der Waals surface area contributed by atoms with Crippen LogP contribution in [-0.4, -0.2) is 11.6 Å². The maximum absolute atomic E-state index is 11.1. The lowest BCUT2D eigenvalue weighted by atomic mass is 10.1. The molecule has 0 radical (unpaired) electrons. The Morgan fingerprint density at radius 2 is 1.55 bits per heavy atom. The second-order valence-corrected chi connectivity index (χ2v) is 5.13. The van der Waals surface area contributed by atoms with Gasteiger partial charge in [0.15, 0.2) is 5.03 Å². The van der Waals surface area contributed by atoms with Crippen molar-refractivity contribution in [3.8, 4) is 11.1 Å². The van der Waals surface area contributed by atoms with Gasteiger partial charge in [-0.25, -0.2) is 10.1 Å². The number of benzene rings is 2. The second kappa shape index (κ2) is 6.19. The van der Waals surface area contributed by atoms with Gasteiger partial charge in [0.25, 0.3) is 0 Å². The number of hydrazine groups is 1. The average Bonchev–Trinajstić information content (AvgIpc) is 2.45. The van der Waals surface area contributed by atoms with Gasteiger partial charge >= 0.3 is 0 Å². The van der Waals surface area contributed by atoms with E-state index in [-0.39, 0.29) is 11.0 Å². The Morgan fingerprint density at radius 3 is 2.05 bits per heavy atom. The van der Waals surface area contributed by atoms with Crippen LogP contribution in [0.5, 0.6) is 0 Å². The highest BCUT2D eigenvalue weighted by molar-refractivity contribution is 5.65. The van der Waals surface area contributed by atoms with E-state index in [1.54, 1.807) is 12.1 Å². The third-order valence-corrected chi connectivity index (χ3v) is 3.01. The molecule has 0 bridgehead atoms. The molecule has 4 nitrogen and oxygen atoms in total. The van der Waals surface area contributed by atoms with Crippen molar-refractivity contribution in [1.82, 2.24) is 0 Å². The van der Waals surface area contributed by atoms with Crippen LogP contribution in [0.4, 0.5) is 5.69 Å². The zero-order chi connectivity index (χ0) is 14.5. The molecule has 0 aliphatic rings. The van der Waals surface area contributed by atoms with E-state index in [9.17, 15) is 10.1 Å². The second-order valence-electron chi connectivity index (χ2n) is 5.13. The Bertz CT molecular complexity index is 565. The minimum atomic E-state index is -0.350. The van der Waals surface area contributed by atoms with Gasteiger partial charge < -0.3 is 0 Å². The number of hydrogen-bond donors (Lipinski definition) is 0. The normalized spacial score (nSPS) is 10.6. The lowest BCUT2D eigenvalue weighted by Gasteiger charge is -2.16. The van der Waals surface area contributed by atoms with Gasteiger partial charge in [0.05, 0.1) is 6.54 Å². The highest BCUT2D eigenvalue weighted by Gasteiger charge is 2.18. The molecular formula is C16H18N2O2. The molecule has 0 aromatic heterocycles. The first kappa shape index (κ1) is 14.1. The first-order chi connectivity index (χ1) is 9.58. The van der Waals surface area contributed by atoms with E-state index in [1.165, 1.54) is 5.01 Å². The van der Waals surface area contributed by atoms with Gasteiger partial charge in [-0.15, -0.1) is 0 Å². The molecule has 0 aliphatic carbocycles. The van der Waals surface area contributed by atoms with Crippen molar-refractivity contribution in [2.24, 2.45) is 5.92 Å². The summed E-state index contributed by atoms with van der Waals surface area (Å²) in [7, 11) is 0. The predicted molar refractivity (Wildman–Crippen MR) is 81.1 cm³/mol. The van der Waals surface area contributed by atoms with Crippen LogP contribution in [0.25, 0.3) is 11.1 Å². The van der Waals surface area contributed by atoms with Crippen molar-refractivity contribution in [2.75, 3.05) is 11.6 Å². The topological polar surface area (TPSA) is 46.4 Å². The van der Waals surface area contributed by atoms with Crippen molar-refractivity contribution in [3.05, 3.63) is 64.7 Å². The third kappa shape index (κ3) is 3.35. The number of nitrogens with zero attached hydrogens (tertiary/aromatic N) is 2. The van der Waals surface area contributed by atoms with Crippen LogP contribution < -0.4 is 5.01 Å². The van der Waals surface area contributed by atoms with Crippen LogP contribution in [0.15, 0.2) is 54.6 Å².